The van der Waals surface area contributed by atoms with E-state index in [9.17, 15) is 4.79 Å². The van der Waals surface area contributed by atoms with Crippen LogP contribution in [-0.2, 0) is 6.54 Å². The molecular weight excluding hydrogens is 236 g/mol. The average molecular weight is 248 g/mol. The molecule has 0 aromatic carbocycles. The standard InChI is InChI=1S/C10H12N6O2/c1-12-8-7(2-11)15-10(16-9(8)17)14-4-6-3-13-5-18-6/h2-3,5,11-12H,4H2,1H3,(H2,14,15,16,17). The molecule has 0 saturated heterocycles. The van der Waals surface area contributed by atoms with E-state index in [-0.39, 0.29) is 22.9 Å². The molecule has 2 aromatic heterocycles. The molecule has 94 valence electrons. The first-order valence-electron chi connectivity index (χ1n) is 5.18. The van der Waals surface area contributed by atoms with Crippen LogP contribution in [0.4, 0.5) is 11.6 Å². The molecule has 18 heavy (non-hydrogen) atoms. The van der Waals surface area contributed by atoms with Crippen molar-refractivity contribution in [1.29, 1.82) is 5.41 Å². The van der Waals surface area contributed by atoms with E-state index in [1.165, 1.54) is 6.39 Å². The van der Waals surface area contributed by atoms with E-state index >= 15 is 0 Å². The number of hydrogen-bond acceptors (Lipinski definition) is 7. The summed E-state index contributed by atoms with van der Waals surface area (Å²) in [5.41, 5.74) is 0.183. The molecule has 0 radical (unpaired) electrons. The molecule has 8 nitrogen and oxygen atoms in total. The van der Waals surface area contributed by atoms with Crippen LogP contribution in [-0.4, -0.2) is 28.2 Å². The van der Waals surface area contributed by atoms with E-state index in [2.05, 4.69) is 25.6 Å². The Kier molecular flexibility index (Phi) is 3.37. The predicted molar refractivity (Wildman–Crippen MR) is 66.1 cm³/mol. The minimum absolute atomic E-state index is 0.259. The summed E-state index contributed by atoms with van der Waals surface area (Å²) in [4.78, 5) is 22.1. The molecule has 0 spiro atoms. The second-order valence-corrected chi connectivity index (χ2v) is 3.39. The summed E-state index contributed by atoms with van der Waals surface area (Å²) in [7, 11) is 1.60. The van der Waals surface area contributed by atoms with Gasteiger partial charge in [0.05, 0.1) is 12.7 Å². The minimum atomic E-state index is -0.342. The third-order valence-corrected chi connectivity index (χ3v) is 2.25. The van der Waals surface area contributed by atoms with Gasteiger partial charge in [-0.15, -0.1) is 0 Å². The monoisotopic (exact) mass is 248 g/mol. The van der Waals surface area contributed by atoms with Gasteiger partial charge in [0.1, 0.15) is 17.1 Å². The molecule has 0 aliphatic carbocycles. The van der Waals surface area contributed by atoms with Crippen LogP contribution >= 0.6 is 0 Å². The zero-order valence-corrected chi connectivity index (χ0v) is 9.65. The molecule has 8 heteroatoms. The van der Waals surface area contributed by atoms with Crippen LogP contribution in [0, 0.1) is 5.41 Å². The summed E-state index contributed by atoms with van der Waals surface area (Å²) in [6, 6.07) is 0. The van der Waals surface area contributed by atoms with E-state index in [4.69, 9.17) is 9.83 Å². The molecule has 2 aromatic rings. The fourth-order valence-corrected chi connectivity index (χ4v) is 1.42. The van der Waals surface area contributed by atoms with Crippen molar-refractivity contribution in [3.8, 4) is 0 Å². The van der Waals surface area contributed by atoms with Crippen LogP contribution in [0.25, 0.3) is 0 Å². The van der Waals surface area contributed by atoms with Crippen molar-refractivity contribution in [2.24, 2.45) is 0 Å². The Morgan fingerprint density at radius 2 is 2.44 bits per heavy atom. The van der Waals surface area contributed by atoms with Crippen molar-refractivity contribution in [2.45, 2.75) is 6.54 Å². The Balaban J connectivity index is 2.21. The predicted octanol–water partition coefficient (Wildman–Crippen LogP) is 0.409. The minimum Gasteiger partial charge on any atom is -0.447 e. The van der Waals surface area contributed by atoms with Crippen LogP contribution in [0.15, 0.2) is 21.8 Å². The molecule has 0 atom stereocenters. The number of nitrogens with one attached hydrogen (secondary N) is 4. The summed E-state index contributed by atoms with van der Waals surface area (Å²) in [6.07, 6.45) is 3.89. The Bertz CT molecular complexity index is 589. The van der Waals surface area contributed by atoms with Gasteiger partial charge < -0.3 is 20.5 Å². The first kappa shape index (κ1) is 11.8. The number of oxazole rings is 1. The molecule has 4 N–H and O–H groups in total. The van der Waals surface area contributed by atoms with Gasteiger partial charge in [0.2, 0.25) is 5.95 Å². The highest BCUT2D eigenvalue weighted by Gasteiger charge is 2.08. The third kappa shape index (κ3) is 2.37. The second kappa shape index (κ2) is 5.13. The fraction of sp³-hybridized carbons (Fsp3) is 0.200. The number of anilines is 2. The van der Waals surface area contributed by atoms with E-state index < -0.39 is 0 Å². The molecule has 0 aliphatic heterocycles. The van der Waals surface area contributed by atoms with Gasteiger partial charge >= 0.3 is 0 Å². The molecular formula is C10H12N6O2. The average Bonchev–Trinajstić information content (AvgIpc) is 2.88. The maximum Gasteiger partial charge on any atom is 0.276 e. The zero-order chi connectivity index (χ0) is 13.0. The fourth-order valence-electron chi connectivity index (χ4n) is 1.42. The maximum atomic E-state index is 11.7. The second-order valence-electron chi connectivity index (χ2n) is 3.39. The Morgan fingerprint density at radius 3 is 3.06 bits per heavy atom. The lowest BCUT2D eigenvalue weighted by molar-refractivity contribution is 0.511. The molecule has 2 rings (SSSR count). The van der Waals surface area contributed by atoms with Crippen molar-refractivity contribution in [3.05, 3.63) is 34.4 Å². The van der Waals surface area contributed by atoms with Gasteiger partial charge in [-0.05, 0) is 0 Å². The van der Waals surface area contributed by atoms with Crippen molar-refractivity contribution >= 4 is 17.9 Å². The molecule has 0 fully saturated rings. The van der Waals surface area contributed by atoms with Crippen LogP contribution in [0.2, 0.25) is 0 Å². The summed E-state index contributed by atoms with van der Waals surface area (Å²) >= 11 is 0. The SMILES string of the molecule is CNc1c(C=N)nc(NCc2cnco2)[nH]c1=O. The van der Waals surface area contributed by atoms with Crippen molar-refractivity contribution in [3.63, 3.8) is 0 Å². The molecule has 2 heterocycles. The van der Waals surface area contributed by atoms with Crippen molar-refractivity contribution in [1.82, 2.24) is 15.0 Å². The van der Waals surface area contributed by atoms with Crippen LogP contribution in [0.1, 0.15) is 11.5 Å². The Labute approximate surface area is 102 Å². The molecule has 0 bridgehead atoms. The number of nitrogens with zero attached hydrogens (tertiary/aromatic N) is 2. The van der Waals surface area contributed by atoms with Gasteiger partial charge in [0.15, 0.2) is 6.39 Å². The Morgan fingerprint density at radius 1 is 1.61 bits per heavy atom. The van der Waals surface area contributed by atoms with E-state index in [0.717, 1.165) is 6.21 Å². The van der Waals surface area contributed by atoms with Gasteiger partial charge in [-0.2, -0.15) is 0 Å². The van der Waals surface area contributed by atoms with E-state index in [0.29, 0.717) is 12.3 Å². The molecule has 0 saturated carbocycles. The van der Waals surface area contributed by atoms with E-state index in [1.54, 1.807) is 13.2 Å². The lowest BCUT2D eigenvalue weighted by atomic mass is 10.3. The highest BCUT2D eigenvalue weighted by atomic mass is 16.3. The topological polar surface area (TPSA) is 120 Å². The highest BCUT2D eigenvalue weighted by Crippen LogP contribution is 2.07. The Hall–Kier alpha value is -2.64. The number of aromatic amines is 1. The number of rotatable bonds is 5. The smallest absolute Gasteiger partial charge is 0.276 e. The molecule has 0 unspecified atom stereocenters. The molecule has 0 amide bonds. The lowest BCUT2D eigenvalue weighted by Gasteiger charge is -2.07. The number of hydrogen-bond donors (Lipinski definition) is 4. The highest BCUT2D eigenvalue weighted by molar-refractivity contribution is 5.83. The van der Waals surface area contributed by atoms with Crippen LogP contribution < -0.4 is 16.2 Å². The van der Waals surface area contributed by atoms with Gasteiger partial charge in [0.25, 0.3) is 5.56 Å². The summed E-state index contributed by atoms with van der Waals surface area (Å²) in [5.74, 6) is 0.889. The summed E-state index contributed by atoms with van der Waals surface area (Å²) < 4.78 is 5.04. The first-order chi connectivity index (χ1) is 8.74. The van der Waals surface area contributed by atoms with Gasteiger partial charge in [-0.25, -0.2) is 9.97 Å². The maximum absolute atomic E-state index is 11.7. The van der Waals surface area contributed by atoms with E-state index in [1.807, 2.05) is 0 Å². The number of H-pyrrole nitrogens is 1. The van der Waals surface area contributed by atoms with Crippen molar-refractivity contribution < 1.29 is 4.42 Å². The quantitative estimate of drug-likeness (QED) is 0.569. The van der Waals surface area contributed by atoms with Gasteiger partial charge in [-0.3, -0.25) is 9.78 Å². The van der Waals surface area contributed by atoms with Gasteiger partial charge in [-0.1, -0.05) is 0 Å². The summed E-state index contributed by atoms with van der Waals surface area (Å²) in [5, 5.41) is 12.8. The number of aromatic nitrogens is 3. The third-order valence-electron chi connectivity index (χ3n) is 2.25. The van der Waals surface area contributed by atoms with Crippen molar-refractivity contribution in [2.75, 3.05) is 17.7 Å². The van der Waals surface area contributed by atoms with Crippen LogP contribution in [0.5, 0.6) is 0 Å². The largest absolute Gasteiger partial charge is 0.447 e. The van der Waals surface area contributed by atoms with Crippen LogP contribution in [0.3, 0.4) is 0 Å². The zero-order valence-electron chi connectivity index (χ0n) is 9.65. The molecule has 0 aliphatic rings. The summed E-state index contributed by atoms with van der Waals surface area (Å²) in [6.45, 7) is 0.347. The lowest BCUT2D eigenvalue weighted by Crippen LogP contribution is -2.19. The normalized spacial score (nSPS) is 10.1. The first-order valence-corrected chi connectivity index (χ1v) is 5.18. The van der Waals surface area contributed by atoms with Gasteiger partial charge in [0, 0.05) is 13.3 Å².